The van der Waals surface area contributed by atoms with Gasteiger partial charge < -0.3 is 30.3 Å². The smallest absolute Gasteiger partial charge is 0.340 e. The number of aromatic nitrogens is 1. The van der Waals surface area contributed by atoms with Crippen LogP contribution < -0.4 is 25.2 Å². The molecule has 15 heteroatoms. The Morgan fingerprint density at radius 3 is 2.62 bits per heavy atom. The van der Waals surface area contributed by atoms with E-state index in [2.05, 4.69) is 10.3 Å². The molecule has 3 rings (SSSR count). The minimum absolute atomic E-state index is 0.108. The van der Waals surface area contributed by atoms with Crippen molar-refractivity contribution in [3.63, 3.8) is 0 Å². The molecule has 0 aliphatic carbocycles. The van der Waals surface area contributed by atoms with Crippen LogP contribution in [0.3, 0.4) is 0 Å². The van der Waals surface area contributed by atoms with Crippen LogP contribution >= 0.6 is 18.9 Å². The summed E-state index contributed by atoms with van der Waals surface area (Å²) in [6.45, 7) is 1.05. The molecular weight excluding hydrogens is 505 g/mol. The van der Waals surface area contributed by atoms with Gasteiger partial charge in [0.2, 0.25) is 0 Å². The number of ether oxygens (including phenoxy) is 2. The third kappa shape index (κ3) is 7.12. The van der Waals surface area contributed by atoms with Crippen molar-refractivity contribution in [1.29, 1.82) is 5.26 Å². The first kappa shape index (κ1) is 25.9. The quantitative estimate of drug-likeness (QED) is 0.169. The molecule has 0 spiro atoms. The highest BCUT2D eigenvalue weighted by Gasteiger charge is 2.23. The van der Waals surface area contributed by atoms with Crippen molar-refractivity contribution >= 4 is 44.9 Å². The van der Waals surface area contributed by atoms with Gasteiger partial charge in [0.25, 0.3) is 10.0 Å². The van der Waals surface area contributed by atoms with E-state index in [1.807, 2.05) is 10.8 Å². The van der Waals surface area contributed by atoms with Gasteiger partial charge in [-0.05, 0) is 29.7 Å². The maximum absolute atomic E-state index is 12.4. The molecule has 0 aliphatic heterocycles. The summed E-state index contributed by atoms with van der Waals surface area (Å²) in [4.78, 5) is 22.0. The van der Waals surface area contributed by atoms with Gasteiger partial charge in [0, 0.05) is 17.3 Å². The third-order valence-electron chi connectivity index (χ3n) is 4.19. The first-order chi connectivity index (χ1) is 16.1. The molecule has 6 N–H and O–H groups in total. The monoisotopic (exact) mass is 527 g/mol. The molecule has 12 nitrogen and oxygen atoms in total. The van der Waals surface area contributed by atoms with Gasteiger partial charge in [0.1, 0.15) is 41.3 Å². The fourth-order valence-electron chi connectivity index (χ4n) is 2.73. The number of sulfonamides is 1. The van der Waals surface area contributed by atoms with Crippen LogP contribution in [0.2, 0.25) is 0 Å². The van der Waals surface area contributed by atoms with Gasteiger partial charge in [0.15, 0.2) is 11.5 Å². The molecule has 0 amide bonds. The van der Waals surface area contributed by atoms with E-state index in [9.17, 15) is 13.0 Å². The van der Waals surface area contributed by atoms with E-state index in [0.29, 0.717) is 33.9 Å². The van der Waals surface area contributed by atoms with E-state index in [1.54, 1.807) is 30.3 Å². The predicted octanol–water partition coefficient (Wildman–Crippen LogP) is 1.41. The Bertz CT molecular complexity index is 1350. The lowest BCUT2D eigenvalue weighted by Crippen LogP contribution is -2.23. The summed E-state index contributed by atoms with van der Waals surface area (Å²) >= 11 is 0.922. The van der Waals surface area contributed by atoms with Crippen molar-refractivity contribution in [3.05, 3.63) is 42.1 Å². The Balaban J connectivity index is 1.76. The Morgan fingerprint density at radius 2 is 1.91 bits per heavy atom. The second-order valence-electron chi connectivity index (χ2n) is 6.81. The molecule has 0 radical (unpaired) electrons. The van der Waals surface area contributed by atoms with Crippen LogP contribution in [0, 0.1) is 11.3 Å². The van der Waals surface area contributed by atoms with Crippen LogP contribution in [-0.4, -0.2) is 55.8 Å². The van der Waals surface area contributed by atoms with E-state index in [1.165, 1.54) is 6.07 Å². The number of nitrogens with two attached hydrogens (primary N) is 1. The summed E-state index contributed by atoms with van der Waals surface area (Å²) in [5.74, 6) is 1.26. The minimum Gasteiger partial charge on any atom is -0.488 e. The maximum atomic E-state index is 12.4. The molecule has 0 saturated carbocycles. The number of pyridine rings is 1. The second kappa shape index (κ2) is 11.1. The SMILES string of the molecule is N#Cc1cccc(NCCOc2cc3sc(S(=O)(=O)NCP(=O)(O)O)cc3cc2OCCN)n1. The van der Waals surface area contributed by atoms with Gasteiger partial charge in [-0.3, -0.25) is 4.57 Å². The van der Waals surface area contributed by atoms with Crippen LogP contribution in [0.1, 0.15) is 5.69 Å². The van der Waals surface area contributed by atoms with Crippen LogP contribution in [0.15, 0.2) is 40.6 Å². The highest BCUT2D eigenvalue weighted by molar-refractivity contribution is 7.92. The average Bonchev–Trinajstić information content (AvgIpc) is 3.22. The van der Waals surface area contributed by atoms with Crippen LogP contribution in [0.5, 0.6) is 11.5 Å². The van der Waals surface area contributed by atoms with E-state index < -0.39 is 23.9 Å². The standard InChI is InChI=1S/C19H22N5O7PS2/c20-4-6-30-15-8-13-9-19(34(28,29)23-12-32(25,26)27)33-17(13)10-16(15)31-7-5-22-18-3-1-2-14(11-21)24-18/h1-3,8-10,23H,4-7,12,20H2,(H,22,24)(H2,25,26,27). The first-order valence-corrected chi connectivity index (χ1v) is 13.9. The topological polar surface area (TPSA) is 197 Å². The van der Waals surface area contributed by atoms with Gasteiger partial charge in [-0.25, -0.2) is 13.4 Å². The van der Waals surface area contributed by atoms with E-state index in [-0.39, 0.29) is 29.7 Å². The molecule has 2 aromatic heterocycles. The number of fused-ring (bicyclic) bond motifs is 1. The van der Waals surface area contributed by atoms with Crippen molar-refractivity contribution in [2.75, 3.05) is 37.9 Å². The molecule has 34 heavy (non-hydrogen) atoms. The van der Waals surface area contributed by atoms with E-state index in [0.717, 1.165) is 11.3 Å². The number of anilines is 1. The molecule has 0 aliphatic rings. The number of rotatable bonds is 12. The van der Waals surface area contributed by atoms with Crippen molar-refractivity contribution in [2.45, 2.75) is 4.21 Å². The molecule has 2 heterocycles. The molecular formula is C19H22N5O7PS2. The Labute approximate surface area is 199 Å². The molecule has 0 atom stereocenters. The van der Waals surface area contributed by atoms with Gasteiger partial charge in [-0.15, -0.1) is 11.3 Å². The van der Waals surface area contributed by atoms with E-state index >= 15 is 0 Å². The molecule has 0 bridgehead atoms. The number of benzene rings is 1. The van der Waals surface area contributed by atoms with Crippen molar-refractivity contribution < 1.29 is 32.2 Å². The predicted molar refractivity (Wildman–Crippen MR) is 127 cm³/mol. The highest BCUT2D eigenvalue weighted by Crippen LogP contribution is 2.39. The van der Waals surface area contributed by atoms with Crippen LogP contribution in [-0.2, 0) is 14.6 Å². The average molecular weight is 528 g/mol. The van der Waals surface area contributed by atoms with Crippen LogP contribution in [0.4, 0.5) is 5.82 Å². The maximum Gasteiger partial charge on any atom is 0.340 e. The molecule has 1 aromatic carbocycles. The van der Waals surface area contributed by atoms with Gasteiger partial charge >= 0.3 is 7.60 Å². The van der Waals surface area contributed by atoms with Crippen molar-refractivity contribution in [1.82, 2.24) is 9.71 Å². The largest absolute Gasteiger partial charge is 0.488 e. The lowest BCUT2D eigenvalue weighted by molar-refractivity contribution is 0.280. The zero-order chi connectivity index (χ0) is 24.8. The van der Waals surface area contributed by atoms with Gasteiger partial charge in [0.05, 0.1) is 6.54 Å². The molecule has 182 valence electrons. The van der Waals surface area contributed by atoms with Gasteiger partial charge in [-0.2, -0.15) is 9.98 Å². The Kier molecular flexibility index (Phi) is 8.45. The zero-order valence-corrected chi connectivity index (χ0v) is 20.2. The highest BCUT2D eigenvalue weighted by atomic mass is 32.2. The fraction of sp³-hybridized carbons (Fsp3) is 0.263. The number of nitrogens with one attached hydrogen (secondary N) is 2. The summed E-state index contributed by atoms with van der Waals surface area (Å²) in [6, 6.07) is 11.6. The van der Waals surface area contributed by atoms with E-state index in [4.69, 9.17) is 30.3 Å². The zero-order valence-electron chi connectivity index (χ0n) is 17.7. The number of hydrogen-bond donors (Lipinski definition) is 5. The summed E-state index contributed by atoms with van der Waals surface area (Å²) in [5, 5.41) is 12.5. The third-order valence-corrected chi connectivity index (χ3v) is 7.95. The molecule has 0 saturated heterocycles. The number of nitrogens with zero attached hydrogens (tertiary/aromatic N) is 2. The number of thiophene rings is 1. The number of nitriles is 1. The molecule has 0 fully saturated rings. The summed E-state index contributed by atoms with van der Waals surface area (Å²) in [6.07, 6.45) is -0.998. The summed E-state index contributed by atoms with van der Waals surface area (Å²) < 4.78 is 49.7. The van der Waals surface area contributed by atoms with Crippen molar-refractivity contribution in [2.24, 2.45) is 5.73 Å². The molecule has 0 unspecified atom stereocenters. The fourth-order valence-corrected chi connectivity index (χ4v) is 6.19. The summed E-state index contributed by atoms with van der Waals surface area (Å²) in [5.41, 5.74) is 5.81. The minimum atomic E-state index is -4.55. The number of hydrogen-bond acceptors (Lipinski definition) is 10. The first-order valence-electron chi connectivity index (χ1n) is 9.80. The van der Waals surface area contributed by atoms with Crippen LogP contribution in [0.25, 0.3) is 10.1 Å². The van der Waals surface area contributed by atoms with Gasteiger partial charge in [-0.1, -0.05) is 6.07 Å². The lowest BCUT2D eigenvalue weighted by atomic mass is 10.2. The normalized spacial score (nSPS) is 11.8. The molecule has 3 aromatic rings. The Morgan fingerprint density at radius 1 is 1.18 bits per heavy atom. The second-order valence-corrected chi connectivity index (χ2v) is 11.5. The lowest BCUT2D eigenvalue weighted by Gasteiger charge is -2.13. The Hall–Kier alpha value is -2.76. The van der Waals surface area contributed by atoms with Crippen molar-refractivity contribution in [3.8, 4) is 17.6 Å². The summed E-state index contributed by atoms with van der Waals surface area (Å²) in [7, 11) is -8.67.